The maximum Gasteiger partial charge on any atom is 0.195 e. The Hall–Kier alpha value is -1.41. The molecule has 1 aromatic heterocycles. The third-order valence-corrected chi connectivity index (χ3v) is 4.14. The van der Waals surface area contributed by atoms with Crippen molar-refractivity contribution in [2.75, 3.05) is 0 Å². The minimum absolute atomic E-state index is 0.188. The Bertz CT molecular complexity index is 725. The molecule has 20 heavy (non-hydrogen) atoms. The van der Waals surface area contributed by atoms with Gasteiger partial charge in [0.15, 0.2) is 5.43 Å². The molecule has 1 heterocycles. The third kappa shape index (κ3) is 3.37. The van der Waals surface area contributed by atoms with E-state index in [-0.39, 0.29) is 5.43 Å². The van der Waals surface area contributed by atoms with Gasteiger partial charge in [-0.3, -0.25) is 4.79 Å². The lowest BCUT2D eigenvalue weighted by molar-refractivity contribution is 0.802. The molecule has 2 aromatic rings. The lowest BCUT2D eigenvalue weighted by Gasteiger charge is -2.07. The topological polar surface area (TPSA) is 17.1 Å². The minimum atomic E-state index is 0.188. The summed E-state index contributed by atoms with van der Waals surface area (Å²) in [5.41, 5.74) is 0.188. The van der Waals surface area contributed by atoms with Crippen LogP contribution in [0.1, 0.15) is 41.0 Å². The van der Waals surface area contributed by atoms with Crippen molar-refractivity contribution in [3.8, 4) is 0 Å². The van der Waals surface area contributed by atoms with Crippen molar-refractivity contribution in [3.63, 3.8) is 0 Å². The number of hydrogen-bond donors (Lipinski definition) is 0. The molecular formula is C18H24OS. The van der Waals surface area contributed by atoms with Crippen molar-refractivity contribution < 1.29 is 0 Å². The van der Waals surface area contributed by atoms with Gasteiger partial charge in [-0.25, -0.2) is 0 Å². The average Bonchev–Trinajstić information content (AvgIpc) is 2.51. The van der Waals surface area contributed by atoms with Gasteiger partial charge in [-0.2, -0.15) is 0 Å². The number of hydrogen-bond acceptors (Lipinski definition) is 2. The Morgan fingerprint density at radius 1 is 1.10 bits per heavy atom. The van der Waals surface area contributed by atoms with Gasteiger partial charge >= 0.3 is 0 Å². The van der Waals surface area contributed by atoms with Crippen molar-refractivity contribution in [2.24, 2.45) is 5.92 Å². The van der Waals surface area contributed by atoms with E-state index in [1.165, 1.54) is 0 Å². The largest absolute Gasteiger partial charge is 0.289 e. The van der Waals surface area contributed by atoms with Crippen LogP contribution < -0.4 is 15.2 Å². The van der Waals surface area contributed by atoms with Crippen LogP contribution in [0.25, 0.3) is 22.2 Å². The van der Waals surface area contributed by atoms with Gasteiger partial charge in [0.25, 0.3) is 0 Å². The van der Waals surface area contributed by atoms with Crippen LogP contribution in [-0.4, -0.2) is 0 Å². The van der Waals surface area contributed by atoms with E-state index in [1.807, 2.05) is 52.0 Å². The first-order valence-corrected chi connectivity index (χ1v) is 8.31. The molecule has 0 saturated carbocycles. The van der Waals surface area contributed by atoms with Gasteiger partial charge in [-0.1, -0.05) is 58.9 Å². The van der Waals surface area contributed by atoms with Gasteiger partial charge in [0.05, 0.1) is 0 Å². The Balaban J connectivity index is 0.000000461. The van der Waals surface area contributed by atoms with Gasteiger partial charge in [0.2, 0.25) is 0 Å². The number of rotatable bonds is 0. The molecule has 2 heteroatoms. The van der Waals surface area contributed by atoms with Crippen LogP contribution in [0.3, 0.4) is 0 Å². The molecule has 108 valence electrons. The maximum absolute atomic E-state index is 12.2. The first kappa shape index (κ1) is 16.6. The molecule has 0 bridgehead atoms. The highest BCUT2D eigenvalue weighted by molar-refractivity contribution is 7.16. The van der Waals surface area contributed by atoms with Gasteiger partial charge < -0.3 is 0 Å². The van der Waals surface area contributed by atoms with E-state index >= 15 is 0 Å². The summed E-state index contributed by atoms with van der Waals surface area (Å²) in [5, 5.41) is 1.76. The zero-order chi connectivity index (χ0) is 15.1. The van der Waals surface area contributed by atoms with E-state index in [0.717, 1.165) is 26.3 Å². The van der Waals surface area contributed by atoms with E-state index in [1.54, 1.807) is 11.3 Å². The molecule has 1 aliphatic carbocycles. The molecule has 1 nitrogen and oxygen atoms in total. The second-order valence-corrected chi connectivity index (χ2v) is 5.37. The number of benzene rings is 1. The molecule has 1 aliphatic rings. The van der Waals surface area contributed by atoms with Crippen molar-refractivity contribution in [1.29, 1.82) is 0 Å². The van der Waals surface area contributed by atoms with E-state index in [2.05, 4.69) is 19.1 Å². The molecule has 0 aliphatic heterocycles. The predicted molar refractivity (Wildman–Crippen MR) is 92.8 cm³/mol. The summed E-state index contributed by atoms with van der Waals surface area (Å²) in [4.78, 5) is 12.2. The van der Waals surface area contributed by atoms with Gasteiger partial charge in [-0.05, 0) is 24.5 Å². The zero-order valence-corrected chi connectivity index (χ0v) is 13.9. The normalized spacial score (nSPS) is 15.6. The molecule has 3 rings (SSSR count). The summed E-state index contributed by atoms with van der Waals surface area (Å²) in [5.74, 6) is 0.546. The minimum Gasteiger partial charge on any atom is -0.289 e. The van der Waals surface area contributed by atoms with Gasteiger partial charge in [0.1, 0.15) is 0 Å². The molecule has 0 fully saturated rings. The first-order valence-electron chi connectivity index (χ1n) is 7.49. The molecule has 1 aromatic carbocycles. The van der Waals surface area contributed by atoms with Crippen LogP contribution in [0.15, 0.2) is 29.1 Å². The summed E-state index contributed by atoms with van der Waals surface area (Å²) in [7, 11) is 0. The monoisotopic (exact) mass is 288 g/mol. The SMILES string of the molecule is CC.CC.CC1C=c2sc3ccccc3c(=O)c2=CC1. The zero-order valence-electron chi connectivity index (χ0n) is 13.1. The lowest BCUT2D eigenvalue weighted by atomic mass is 10.0. The molecule has 1 unspecified atom stereocenters. The molecule has 0 saturated heterocycles. The van der Waals surface area contributed by atoms with Crippen molar-refractivity contribution in [2.45, 2.75) is 41.0 Å². The first-order chi connectivity index (χ1) is 9.75. The smallest absolute Gasteiger partial charge is 0.195 e. The van der Waals surface area contributed by atoms with Crippen LogP contribution in [-0.2, 0) is 0 Å². The Morgan fingerprint density at radius 3 is 2.45 bits per heavy atom. The summed E-state index contributed by atoms with van der Waals surface area (Å²) in [6, 6.07) is 7.85. The fraction of sp³-hybridized carbons (Fsp3) is 0.389. The van der Waals surface area contributed by atoms with E-state index < -0.39 is 0 Å². The molecule has 0 N–H and O–H groups in total. The van der Waals surface area contributed by atoms with Crippen LogP contribution >= 0.6 is 11.3 Å². The highest BCUT2D eigenvalue weighted by atomic mass is 32.1. The molecule has 0 amide bonds. The van der Waals surface area contributed by atoms with Gasteiger partial charge in [0, 0.05) is 19.8 Å². The molecule has 1 atom stereocenters. The number of fused-ring (bicyclic) bond motifs is 2. The van der Waals surface area contributed by atoms with Gasteiger partial charge in [-0.15, -0.1) is 11.3 Å². The van der Waals surface area contributed by atoms with E-state index in [4.69, 9.17) is 0 Å². The Morgan fingerprint density at radius 2 is 1.75 bits per heavy atom. The summed E-state index contributed by atoms with van der Waals surface area (Å²) < 4.78 is 2.23. The second kappa shape index (κ2) is 8.01. The van der Waals surface area contributed by atoms with Crippen molar-refractivity contribution in [3.05, 3.63) is 44.2 Å². The van der Waals surface area contributed by atoms with Crippen LogP contribution in [0.2, 0.25) is 0 Å². The lowest BCUT2D eigenvalue weighted by Crippen LogP contribution is -2.39. The quantitative estimate of drug-likeness (QED) is 0.718. The summed E-state index contributed by atoms with van der Waals surface area (Å²) >= 11 is 1.72. The van der Waals surface area contributed by atoms with E-state index in [0.29, 0.717) is 5.92 Å². The van der Waals surface area contributed by atoms with Crippen molar-refractivity contribution in [1.82, 2.24) is 0 Å². The van der Waals surface area contributed by atoms with Crippen LogP contribution in [0, 0.1) is 5.92 Å². The van der Waals surface area contributed by atoms with Crippen molar-refractivity contribution >= 4 is 33.6 Å². The third-order valence-electron chi connectivity index (χ3n) is 2.99. The summed E-state index contributed by atoms with van der Waals surface area (Å²) in [6.07, 6.45) is 5.28. The standard InChI is InChI=1S/C14H12OS.2C2H6/c1-9-6-7-11-13(8-9)16-12-5-3-2-4-10(12)14(11)15;2*1-2/h2-5,7-9H,6H2,1H3;2*1-2H3. The van der Waals surface area contributed by atoms with Crippen LogP contribution in [0.4, 0.5) is 0 Å². The molecule has 0 radical (unpaired) electrons. The Labute approximate surface area is 125 Å². The highest BCUT2D eigenvalue weighted by Gasteiger charge is 2.07. The second-order valence-electron chi connectivity index (χ2n) is 4.29. The maximum atomic E-state index is 12.2. The average molecular weight is 288 g/mol. The highest BCUT2D eigenvalue weighted by Crippen LogP contribution is 2.12. The fourth-order valence-corrected chi connectivity index (χ4v) is 3.36. The molecule has 0 spiro atoms. The summed E-state index contributed by atoms with van der Waals surface area (Å²) in [6.45, 7) is 10.2. The fourth-order valence-electron chi connectivity index (χ4n) is 2.12. The molecular weight excluding hydrogens is 264 g/mol. The van der Waals surface area contributed by atoms with Crippen LogP contribution in [0.5, 0.6) is 0 Å². The van der Waals surface area contributed by atoms with E-state index in [9.17, 15) is 4.79 Å². The Kier molecular flexibility index (Phi) is 6.66. The predicted octanol–water partition coefficient (Wildman–Crippen LogP) is 3.91.